The molecule has 7 heteroatoms. The summed E-state index contributed by atoms with van der Waals surface area (Å²) in [7, 11) is 3.87. The fourth-order valence-corrected chi connectivity index (χ4v) is 3.28. The number of aryl methyl sites for hydroxylation is 1. The predicted molar refractivity (Wildman–Crippen MR) is 96.0 cm³/mol. The van der Waals surface area contributed by atoms with Crippen molar-refractivity contribution in [2.45, 2.75) is 18.9 Å². The minimum Gasteiger partial charge on any atom is -0.309 e. The SMILES string of the molecule is CN1CCC[C@@H]1C(=O)Nc1cc2cc(-c3cnn(C)c3)cnc2cn1. The molecule has 0 aromatic carbocycles. The molecule has 0 bridgehead atoms. The van der Waals surface area contributed by atoms with Gasteiger partial charge in [0, 0.05) is 36.0 Å². The summed E-state index contributed by atoms with van der Waals surface area (Å²) >= 11 is 0. The van der Waals surface area contributed by atoms with Gasteiger partial charge in [-0.1, -0.05) is 0 Å². The molecule has 3 aromatic rings. The Bertz CT molecular complexity index is 934. The second kappa shape index (κ2) is 6.25. The summed E-state index contributed by atoms with van der Waals surface area (Å²) in [5.41, 5.74) is 2.79. The molecule has 1 aliphatic rings. The number of rotatable bonds is 3. The largest absolute Gasteiger partial charge is 0.309 e. The van der Waals surface area contributed by atoms with Gasteiger partial charge >= 0.3 is 0 Å². The Morgan fingerprint density at radius 3 is 2.76 bits per heavy atom. The number of likely N-dealkylation sites (tertiary alicyclic amines) is 1. The maximum absolute atomic E-state index is 12.4. The van der Waals surface area contributed by atoms with Crippen LogP contribution < -0.4 is 5.32 Å². The summed E-state index contributed by atoms with van der Waals surface area (Å²) in [5.74, 6) is 0.561. The normalized spacial score (nSPS) is 17.9. The number of carbonyl (C=O) groups excluding carboxylic acids is 1. The highest BCUT2D eigenvalue weighted by Crippen LogP contribution is 2.24. The van der Waals surface area contributed by atoms with Gasteiger partial charge in [0.25, 0.3) is 0 Å². The van der Waals surface area contributed by atoms with Crippen LogP contribution in [0.5, 0.6) is 0 Å². The standard InChI is InChI=1S/C18H20N6O/c1-23-5-3-4-16(23)18(25)22-17-7-12-6-13(8-19-15(12)10-20-17)14-9-21-24(2)11-14/h6-11,16H,3-5H2,1-2H3,(H,20,22,25)/t16-/m1/s1. The highest BCUT2D eigenvalue weighted by Gasteiger charge is 2.27. The van der Waals surface area contributed by atoms with Crippen LogP contribution >= 0.6 is 0 Å². The Morgan fingerprint density at radius 2 is 2.04 bits per heavy atom. The van der Waals surface area contributed by atoms with Crippen LogP contribution in [0, 0.1) is 0 Å². The van der Waals surface area contributed by atoms with E-state index in [0.717, 1.165) is 41.4 Å². The highest BCUT2D eigenvalue weighted by atomic mass is 16.2. The van der Waals surface area contributed by atoms with Crippen molar-refractivity contribution in [1.82, 2.24) is 24.6 Å². The average Bonchev–Trinajstić information content (AvgIpc) is 3.22. The van der Waals surface area contributed by atoms with E-state index in [9.17, 15) is 4.79 Å². The van der Waals surface area contributed by atoms with Crippen LogP contribution in [0.4, 0.5) is 5.82 Å². The molecule has 1 saturated heterocycles. The van der Waals surface area contributed by atoms with Gasteiger partial charge in [0.15, 0.2) is 0 Å². The van der Waals surface area contributed by atoms with Gasteiger partial charge in [0.2, 0.25) is 5.91 Å². The van der Waals surface area contributed by atoms with Gasteiger partial charge in [0.1, 0.15) is 5.82 Å². The van der Waals surface area contributed by atoms with Gasteiger partial charge in [-0.05, 0) is 38.6 Å². The van der Waals surface area contributed by atoms with E-state index in [2.05, 4.69) is 25.3 Å². The number of fused-ring (bicyclic) bond motifs is 1. The number of nitrogens with one attached hydrogen (secondary N) is 1. The number of anilines is 1. The van der Waals surface area contributed by atoms with E-state index in [1.54, 1.807) is 10.9 Å². The summed E-state index contributed by atoms with van der Waals surface area (Å²) in [4.78, 5) is 23.3. The molecule has 4 heterocycles. The molecule has 1 aliphatic heterocycles. The van der Waals surface area contributed by atoms with Gasteiger partial charge in [-0.3, -0.25) is 19.4 Å². The number of carbonyl (C=O) groups is 1. The van der Waals surface area contributed by atoms with Crippen molar-refractivity contribution in [3.8, 4) is 11.1 Å². The van der Waals surface area contributed by atoms with E-state index in [1.807, 2.05) is 44.8 Å². The number of nitrogens with zero attached hydrogens (tertiary/aromatic N) is 5. The molecule has 0 aliphatic carbocycles. The zero-order valence-electron chi connectivity index (χ0n) is 14.3. The lowest BCUT2D eigenvalue weighted by Gasteiger charge is -2.18. The molecule has 0 spiro atoms. The molecule has 0 radical (unpaired) electrons. The zero-order chi connectivity index (χ0) is 17.4. The lowest BCUT2D eigenvalue weighted by molar-refractivity contribution is -0.119. The third-order valence-electron chi connectivity index (χ3n) is 4.68. The van der Waals surface area contributed by atoms with Crippen molar-refractivity contribution < 1.29 is 4.79 Å². The maximum atomic E-state index is 12.4. The Kier molecular flexibility index (Phi) is 3.93. The van der Waals surface area contributed by atoms with Crippen LogP contribution in [0.1, 0.15) is 12.8 Å². The molecule has 1 atom stereocenters. The molecule has 128 valence electrons. The molecule has 0 saturated carbocycles. The smallest absolute Gasteiger partial charge is 0.242 e. The van der Waals surface area contributed by atoms with Gasteiger partial charge in [-0.25, -0.2) is 4.98 Å². The van der Waals surface area contributed by atoms with Crippen LogP contribution in [0.15, 0.2) is 36.9 Å². The molecule has 1 amide bonds. The summed E-state index contributed by atoms with van der Waals surface area (Å²) in [6.45, 7) is 0.960. The van der Waals surface area contributed by atoms with E-state index in [0.29, 0.717) is 5.82 Å². The van der Waals surface area contributed by atoms with Gasteiger partial charge in [0.05, 0.1) is 24.0 Å². The zero-order valence-corrected chi connectivity index (χ0v) is 14.3. The van der Waals surface area contributed by atoms with Crippen molar-refractivity contribution in [1.29, 1.82) is 0 Å². The number of likely N-dealkylation sites (N-methyl/N-ethyl adjacent to an activating group) is 1. The number of pyridine rings is 2. The fourth-order valence-electron chi connectivity index (χ4n) is 3.28. The maximum Gasteiger partial charge on any atom is 0.242 e. The van der Waals surface area contributed by atoms with Crippen molar-refractivity contribution in [3.63, 3.8) is 0 Å². The lowest BCUT2D eigenvalue weighted by Crippen LogP contribution is -2.37. The molecule has 1 fully saturated rings. The molecule has 25 heavy (non-hydrogen) atoms. The Morgan fingerprint density at radius 1 is 1.16 bits per heavy atom. The molecule has 4 rings (SSSR count). The van der Waals surface area contributed by atoms with Crippen molar-refractivity contribution in [2.75, 3.05) is 18.9 Å². The van der Waals surface area contributed by atoms with Gasteiger partial charge in [-0.15, -0.1) is 0 Å². The van der Waals surface area contributed by atoms with E-state index >= 15 is 0 Å². The number of hydrogen-bond acceptors (Lipinski definition) is 5. The van der Waals surface area contributed by atoms with Crippen LogP contribution in [0.25, 0.3) is 22.0 Å². The Balaban J connectivity index is 1.61. The second-order valence-corrected chi connectivity index (χ2v) is 6.52. The van der Waals surface area contributed by atoms with Crippen molar-refractivity contribution in [3.05, 3.63) is 36.9 Å². The summed E-state index contributed by atoms with van der Waals surface area (Å²) in [6, 6.07) is 3.84. The van der Waals surface area contributed by atoms with Crippen molar-refractivity contribution in [2.24, 2.45) is 7.05 Å². The van der Waals surface area contributed by atoms with Crippen molar-refractivity contribution >= 4 is 22.6 Å². The minimum absolute atomic E-state index is 0.00298. The Labute approximate surface area is 145 Å². The van der Waals surface area contributed by atoms with E-state index < -0.39 is 0 Å². The summed E-state index contributed by atoms with van der Waals surface area (Å²) < 4.78 is 1.76. The van der Waals surface area contributed by atoms with E-state index in [4.69, 9.17) is 0 Å². The van der Waals surface area contributed by atoms with Crippen LogP contribution in [0.3, 0.4) is 0 Å². The first kappa shape index (κ1) is 15.7. The Hall–Kier alpha value is -2.80. The minimum atomic E-state index is -0.0719. The first-order chi connectivity index (χ1) is 12.1. The van der Waals surface area contributed by atoms with Crippen LogP contribution in [-0.2, 0) is 11.8 Å². The molecule has 3 aromatic heterocycles. The fraction of sp³-hybridized carbons (Fsp3) is 0.333. The van der Waals surface area contributed by atoms with Gasteiger partial charge in [-0.2, -0.15) is 5.10 Å². The number of aromatic nitrogens is 4. The highest BCUT2D eigenvalue weighted by molar-refractivity contribution is 5.96. The monoisotopic (exact) mass is 336 g/mol. The van der Waals surface area contributed by atoms with E-state index in [1.165, 1.54) is 0 Å². The molecular formula is C18H20N6O. The topological polar surface area (TPSA) is 75.9 Å². The third kappa shape index (κ3) is 3.10. The quantitative estimate of drug-likeness (QED) is 0.792. The van der Waals surface area contributed by atoms with E-state index in [-0.39, 0.29) is 11.9 Å². The lowest BCUT2D eigenvalue weighted by atomic mass is 10.1. The first-order valence-corrected chi connectivity index (χ1v) is 8.36. The van der Waals surface area contributed by atoms with Crippen LogP contribution in [-0.4, -0.2) is 50.2 Å². The molecule has 1 N–H and O–H groups in total. The molecular weight excluding hydrogens is 316 g/mol. The second-order valence-electron chi connectivity index (χ2n) is 6.52. The summed E-state index contributed by atoms with van der Waals surface area (Å²) in [5, 5.41) is 8.07. The number of amides is 1. The summed E-state index contributed by atoms with van der Waals surface area (Å²) in [6.07, 6.45) is 9.20. The predicted octanol–water partition coefficient (Wildman–Crippen LogP) is 2.06. The van der Waals surface area contributed by atoms with Crippen LogP contribution in [0.2, 0.25) is 0 Å². The average molecular weight is 336 g/mol. The molecule has 0 unspecified atom stereocenters. The molecule has 7 nitrogen and oxygen atoms in total. The first-order valence-electron chi connectivity index (χ1n) is 8.36. The third-order valence-corrected chi connectivity index (χ3v) is 4.68. The van der Waals surface area contributed by atoms with Gasteiger partial charge < -0.3 is 5.32 Å². The number of hydrogen-bond donors (Lipinski definition) is 1.